The van der Waals surface area contributed by atoms with Gasteiger partial charge in [-0.1, -0.05) is 32.9 Å². The number of nitrogens with one attached hydrogen (secondary N) is 3. The van der Waals surface area contributed by atoms with Crippen molar-refractivity contribution in [3.63, 3.8) is 0 Å². The average Bonchev–Trinajstić information content (AvgIpc) is 3.13. The molecule has 0 aliphatic rings. The molecule has 2 rings (SSSR count). The highest BCUT2D eigenvalue weighted by molar-refractivity contribution is 5.94. The Labute approximate surface area is 160 Å². The molecule has 0 radical (unpaired) electrons. The number of carbonyl (C=O) groups excluding carboxylic acids is 1. The third-order valence-electron chi connectivity index (χ3n) is 3.88. The van der Waals surface area contributed by atoms with E-state index in [4.69, 9.17) is 4.42 Å². The van der Waals surface area contributed by atoms with Crippen molar-refractivity contribution in [3.05, 3.63) is 53.2 Å². The second kappa shape index (κ2) is 9.21. The van der Waals surface area contributed by atoms with Crippen LogP contribution < -0.4 is 16.0 Å². The van der Waals surface area contributed by atoms with E-state index in [9.17, 15) is 4.79 Å². The normalized spacial score (nSPS) is 12.0. The maximum absolute atomic E-state index is 11.7. The second-order valence-corrected chi connectivity index (χ2v) is 7.20. The van der Waals surface area contributed by atoms with Crippen LogP contribution in [0.4, 0.5) is 0 Å². The lowest BCUT2D eigenvalue weighted by Gasteiger charge is -2.13. The molecule has 0 bridgehead atoms. The Kier molecular flexibility index (Phi) is 6.98. The Hall–Kier alpha value is -2.83. The summed E-state index contributed by atoms with van der Waals surface area (Å²) in [7, 11) is 1.62. The van der Waals surface area contributed by atoms with Gasteiger partial charge in [0.15, 0.2) is 5.96 Å². The summed E-state index contributed by atoms with van der Waals surface area (Å²) in [6.45, 7) is 9.91. The third-order valence-corrected chi connectivity index (χ3v) is 3.88. The van der Waals surface area contributed by atoms with Gasteiger partial charge >= 0.3 is 0 Å². The fourth-order valence-corrected chi connectivity index (χ4v) is 2.37. The van der Waals surface area contributed by atoms with Crippen molar-refractivity contribution >= 4 is 11.9 Å². The highest BCUT2D eigenvalue weighted by Gasteiger charge is 2.19. The van der Waals surface area contributed by atoms with Crippen LogP contribution in [0, 0.1) is 0 Å². The first-order valence-electron chi connectivity index (χ1n) is 9.12. The van der Waals surface area contributed by atoms with Crippen molar-refractivity contribution < 1.29 is 9.21 Å². The van der Waals surface area contributed by atoms with E-state index < -0.39 is 0 Å². The van der Waals surface area contributed by atoms with Crippen LogP contribution in [0.25, 0.3) is 0 Å². The first-order valence-corrected chi connectivity index (χ1v) is 9.12. The Morgan fingerprint density at radius 3 is 2.67 bits per heavy atom. The SMILES string of the molecule is CCNC(=NCc1cccc(C(=O)NC)c1)NCc1ncc(C(C)(C)C)o1. The van der Waals surface area contributed by atoms with Gasteiger partial charge in [-0.3, -0.25) is 4.79 Å². The van der Waals surface area contributed by atoms with E-state index >= 15 is 0 Å². The lowest BCUT2D eigenvalue weighted by atomic mass is 9.94. The Bertz CT molecular complexity index is 790. The summed E-state index contributed by atoms with van der Waals surface area (Å²) in [5.74, 6) is 2.03. The van der Waals surface area contributed by atoms with Crippen LogP contribution >= 0.6 is 0 Å². The fraction of sp³-hybridized carbons (Fsp3) is 0.450. The van der Waals surface area contributed by atoms with Gasteiger partial charge in [-0.25, -0.2) is 9.98 Å². The molecule has 2 aromatic rings. The van der Waals surface area contributed by atoms with E-state index in [1.807, 2.05) is 25.1 Å². The fourth-order valence-electron chi connectivity index (χ4n) is 2.37. The molecule has 7 heteroatoms. The number of nitrogens with zero attached hydrogens (tertiary/aromatic N) is 2. The predicted octanol–water partition coefficient (Wildman–Crippen LogP) is 2.59. The molecule has 7 nitrogen and oxygen atoms in total. The molecule has 27 heavy (non-hydrogen) atoms. The van der Waals surface area contributed by atoms with Crippen LogP contribution in [-0.4, -0.2) is 30.4 Å². The largest absolute Gasteiger partial charge is 0.443 e. The number of carbonyl (C=O) groups is 1. The van der Waals surface area contributed by atoms with Crippen molar-refractivity contribution in [2.24, 2.45) is 4.99 Å². The summed E-state index contributed by atoms with van der Waals surface area (Å²) in [5, 5.41) is 9.05. The first-order chi connectivity index (χ1) is 12.8. The zero-order valence-electron chi connectivity index (χ0n) is 16.7. The zero-order valence-corrected chi connectivity index (χ0v) is 16.7. The van der Waals surface area contributed by atoms with Crippen molar-refractivity contribution in [1.82, 2.24) is 20.9 Å². The van der Waals surface area contributed by atoms with Gasteiger partial charge < -0.3 is 20.4 Å². The molecule has 0 aliphatic heterocycles. The van der Waals surface area contributed by atoms with Crippen molar-refractivity contribution in [1.29, 1.82) is 0 Å². The third kappa shape index (κ3) is 6.13. The van der Waals surface area contributed by atoms with Gasteiger partial charge in [-0.15, -0.1) is 0 Å². The molecule has 0 saturated carbocycles. The summed E-state index contributed by atoms with van der Waals surface area (Å²) in [6.07, 6.45) is 1.77. The van der Waals surface area contributed by atoms with Crippen LogP contribution in [0.5, 0.6) is 0 Å². The molecule has 146 valence electrons. The van der Waals surface area contributed by atoms with E-state index in [-0.39, 0.29) is 11.3 Å². The number of amides is 1. The number of aliphatic imine (C=N–C) groups is 1. The number of hydrogen-bond donors (Lipinski definition) is 3. The molecule has 0 unspecified atom stereocenters. The number of hydrogen-bond acceptors (Lipinski definition) is 4. The molecule has 0 spiro atoms. The van der Waals surface area contributed by atoms with E-state index in [1.54, 1.807) is 19.3 Å². The van der Waals surface area contributed by atoms with Gasteiger partial charge in [0.2, 0.25) is 5.89 Å². The Morgan fingerprint density at radius 2 is 2.04 bits per heavy atom. The van der Waals surface area contributed by atoms with Gasteiger partial charge in [0, 0.05) is 24.6 Å². The highest BCUT2D eigenvalue weighted by Crippen LogP contribution is 2.22. The first kappa shape index (κ1) is 20.5. The minimum Gasteiger partial charge on any atom is -0.443 e. The van der Waals surface area contributed by atoms with Gasteiger partial charge in [-0.05, 0) is 24.6 Å². The molecule has 1 aromatic heterocycles. The van der Waals surface area contributed by atoms with Gasteiger partial charge in [-0.2, -0.15) is 0 Å². The molecule has 1 aromatic carbocycles. The van der Waals surface area contributed by atoms with E-state index in [2.05, 4.69) is 46.7 Å². The molecule has 0 aliphatic carbocycles. The number of rotatable bonds is 6. The predicted molar refractivity (Wildman–Crippen MR) is 107 cm³/mol. The summed E-state index contributed by atoms with van der Waals surface area (Å²) < 4.78 is 5.79. The molecule has 1 heterocycles. The molecule has 1 amide bonds. The van der Waals surface area contributed by atoms with E-state index in [1.165, 1.54) is 0 Å². The topological polar surface area (TPSA) is 91.5 Å². The van der Waals surface area contributed by atoms with Crippen molar-refractivity contribution in [2.45, 2.75) is 46.2 Å². The van der Waals surface area contributed by atoms with Gasteiger partial charge in [0.25, 0.3) is 5.91 Å². The molecule has 3 N–H and O–H groups in total. The minimum absolute atomic E-state index is 0.0698. The Morgan fingerprint density at radius 1 is 1.26 bits per heavy atom. The van der Waals surface area contributed by atoms with Crippen molar-refractivity contribution in [2.75, 3.05) is 13.6 Å². The quantitative estimate of drug-likeness (QED) is 0.536. The van der Waals surface area contributed by atoms with Gasteiger partial charge in [0.1, 0.15) is 5.76 Å². The minimum atomic E-state index is -0.107. The second-order valence-electron chi connectivity index (χ2n) is 7.20. The lowest BCUT2D eigenvalue weighted by Crippen LogP contribution is -2.36. The van der Waals surface area contributed by atoms with Crippen LogP contribution in [0.2, 0.25) is 0 Å². The summed E-state index contributed by atoms with van der Waals surface area (Å²) in [4.78, 5) is 20.6. The van der Waals surface area contributed by atoms with Crippen LogP contribution in [0.1, 0.15) is 55.3 Å². The summed E-state index contributed by atoms with van der Waals surface area (Å²) >= 11 is 0. The van der Waals surface area contributed by atoms with Gasteiger partial charge in [0.05, 0.1) is 19.3 Å². The van der Waals surface area contributed by atoms with Crippen LogP contribution in [0.3, 0.4) is 0 Å². The maximum atomic E-state index is 11.7. The number of oxazole rings is 1. The summed E-state index contributed by atoms with van der Waals surface area (Å²) in [5.41, 5.74) is 1.51. The number of guanidine groups is 1. The van der Waals surface area contributed by atoms with Crippen molar-refractivity contribution in [3.8, 4) is 0 Å². The van der Waals surface area contributed by atoms with E-state index in [0.717, 1.165) is 17.9 Å². The maximum Gasteiger partial charge on any atom is 0.251 e. The molecular weight excluding hydrogens is 342 g/mol. The van der Waals surface area contributed by atoms with E-state index in [0.29, 0.717) is 30.5 Å². The number of benzene rings is 1. The molecule has 0 saturated heterocycles. The summed E-state index contributed by atoms with van der Waals surface area (Å²) in [6, 6.07) is 7.43. The van der Waals surface area contributed by atoms with Crippen LogP contribution in [0.15, 0.2) is 39.9 Å². The molecule has 0 atom stereocenters. The lowest BCUT2D eigenvalue weighted by molar-refractivity contribution is 0.0963. The molecule has 0 fully saturated rings. The monoisotopic (exact) mass is 371 g/mol. The number of aromatic nitrogens is 1. The molecular formula is C20H29N5O2. The average molecular weight is 371 g/mol. The standard InChI is InChI=1S/C20H29N5O2/c1-6-22-19(25-13-17-23-12-16(27-17)20(2,3)4)24-11-14-8-7-9-15(10-14)18(26)21-5/h7-10,12H,6,11,13H2,1-5H3,(H,21,26)(H2,22,24,25). The highest BCUT2D eigenvalue weighted by atomic mass is 16.4. The zero-order chi connectivity index (χ0) is 19.9. The van der Waals surface area contributed by atoms with Crippen LogP contribution in [-0.2, 0) is 18.5 Å². The Balaban J connectivity index is 2.02. The smallest absolute Gasteiger partial charge is 0.251 e.